The van der Waals surface area contributed by atoms with Crippen LogP contribution in [0.1, 0.15) is 63.6 Å². The molecule has 128 valence electrons. The molecule has 5 heteroatoms. The second-order valence-electron chi connectivity index (χ2n) is 8.16. The smallest absolute Gasteiger partial charge is 0.410 e. The second kappa shape index (κ2) is 6.08. The SMILES string of the molecule is CC(C)(C)OC(=O)N1CCC2(CC1)CC(c1ccc(C#N)cn1)C2. The first-order valence-electron chi connectivity index (χ1n) is 8.64. The molecule has 2 aliphatic rings. The number of aromatic nitrogens is 1. The molecule has 24 heavy (non-hydrogen) atoms. The third kappa shape index (κ3) is 3.53. The third-order valence-corrected chi connectivity index (χ3v) is 5.17. The lowest BCUT2D eigenvalue weighted by Gasteiger charge is -2.52. The maximum absolute atomic E-state index is 12.1. The monoisotopic (exact) mass is 327 g/mol. The summed E-state index contributed by atoms with van der Waals surface area (Å²) in [6, 6.07) is 5.93. The van der Waals surface area contributed by atoms with Crippen molar-refractivity contribution in [2.45, 2.75) is 58.0 Å². The van der Waals surface area contributed by atoms with Crippen molar-refractivity contribution in [2.75, 3.05) is 13.1 Å². The number of piperidine rings is 1. The zero-order valence-corrected chi connectivity index (χ0v) is 14.7. The number of pyridine rings is 1. The molecule has 0 atom stereocenters. The summed E-state index contributed by atoms with van der Waals surface area (Å²) in [7, 11) is 0. The van der Waals surface area contributed by atoms with Gasteiger partial charge in [-0.25, -0.2) is 4.79 Å². The molecular weight excluding hydrogens is 302 g/mol. The van der Waals surface area contributed by atoms with Crippen LogP contribution >= 0.6 is 0 Å². The van der Waals surface area contributed by atoms with E-state index in [1.807, 2.05) is 37.8 Å². The number of rotatable bonds is 1. The Hall–Kier alpha value is -2.09. The van der Waals surface area contributed by atoms with Gasteiger partial charge in [0.1, 0.15) is 11.7 Å². The minimum atomic E-state index is -0.435. The van der Waals surface area contributed by atoms with Gasteiger partial charge in [0.05, 0.1) is 5.56 Å². The van der Waals surface area contributed by atoms with Gasteiger partial charge in [-0.15, -0.1) is 0 Å². The fraction of sp³-hybridized carbons (Fsp3) is 0.632. The van der Waals surface area contributed by atoms with E-state index in [0.29, 0.717) is 16.9 Å². The van der Waals surface area contributed by atoms with E-state index < -0.39 is 5.60 Å². The molecule has 0 aromatic carbocycles. The number of nitriles is 1. The van der Waals surface area contributed by atoms with Gasteiger partial charge in [0, 0.05) is 30.9 Å². The molecule has 1 amide bonds. The molecule has 1 saturated heterocycles. The fourth-order valence-electron chi connectivity index (χ4n) is 3.81. The van der Waals surface area contributed by atoms with Crippen LogP contribution in [0.25, 0.3) is 0 Å². The van der Waals surface area contributed by atoms with Gasteiger partial charge in [0.2, 0.25) is 0 Å². The summed E-state index contributed by atoms with van der Waals surface area (Å²) in [5, 5.41) is 8.84. The molecular formula is C19H25N3O2. The maximum Gasteiger partial charge on any atom is 0.410 e. The van der Waals surface area contributed by atoms with E-state index in [0.717, 1.165) is 44.5 Å². The van der Waals surface area contributed by atoms with Gasteiger partial charge in [0.25, 0.3) is 0 Å². The molecule has 2 heterocycles. The van der Waals surface area contributed by atoms with E-state index in [1.165, 1.54) is 0 Å². The lowest BCUT2D eigenvalue weighted by Crippen LogP contribution is -2.49. The first-order valence-corrected chi connectivity index (χ1v) is 8.64. The average Bonchev–Trinajstić information content (AvgIpc) is 2.51. The molecule has 1 aliphatic heterocycles. The van der Waals surface area contributed by atoms with Crippen molar-refractivity contribution in [3.63, 3.8) is 0 Å². The van der Waals surface area contributed by atoms with E-state index in [2.05, 4.69) is 11.1 Å². The molecule has 1 saturated carbocycles. The number of likely N-dealkylation sites (tertiary alicyclic amines) is 1. The van der Waals surface area contributed by atoms with Crippen molar-refractivity contribution in [1.82, 2.24) is 9.88 Å². The minimum Gasteiger partial charge on any atom is -0.444 e. The summed E-state index contributed by atoms with van der Waals surface area (Å²) < 4.78 is 5.46. The Morgan fingerprint density at radius 3 is 2.50 bits per heavy atom. The molecule has 3 rings (SSSR count). The van der Waals surface area contributed by atoms with Gasteiger partial charge in [-0.3, -0.25) is 4.98 Å². The van der Waals surface area contributed by atoms with Gasteiger partial charge in [-0.05, 0) is 64.0 Å². The fourth-order valence-corrected chi connectivity index (χ4v) is 3.81. The standard InChI is InChI=1S/C19H25N3O2/c1-18(2,3)24-17(23)22-8-6-19(7-9-22)10-15(11-19)16-5-4-14(12-20)13-21-16/h4-5,13,15H,6-11H2,1-3H3. The highest BCUT2D eigenvalue weighted by atomic mass is 16.6. The summed E-state index contributed by atoms with van der Waals surface area (Å²) >= 11 is 0. The van der Waals surface area contributed by atoms with Crippen LogP contribution in [0.4, 0.5) is 4.79 Å². The van der Waals surface area contributed by atoms with Gasteiger partial charge in [0.15, 0.2) is 0 Å². The van der Waals surface area contributed by atoms with Crippen LogP contribution in [0.3, 0.4) is 0 Å². The summed E-state index contributed by atoms with van der Waals surface area (Å²) in [5.41, 5.74) is 1.63. The van der Waals surface area contributed by atoms with Crippen LogP contribution < -0.4 is 0 Å². The predicted molar refractivity (Wildman–Crippen MR) is 90.4 cm³/mol. The zero-order valence-electron chi connectivity index (χ0n) is 14.7. The Kier molecular flexibility index (Phi) is 4.25. The van der Waals surface area contributed by atoms with Crippen molar-refractivity contribution in [1.29, 1.82) is 5.26 Å². The Morgan fingerprint density at radius 1 is 1.33 bits per heavy atom. The minimum absolute atomic E-state index is 0.193. The zero-order chi connectivity index (χ0) is 17.4. The van der Waals surface area contributed by atoms with Gasteiger partial charge in [-0.1, -0.05) is 0 Å². The number of carbonyl (C=O) groups excluding carboxylic acids is 1. The molecule has 5 nitrogen and oxygen atoms in total. The van der Waals surface area contributed by atoms with Gasteiger partial charge < -0.3 is 9.64 Å². The molecule has 0 unspecified atom stereocenters. The van der Waals surface area contributed by atoms with E-state index in [1.54, 1.807) is 6.20 Å². The van der Waals surface area contributed by atoms with Crippen molar-refractivity contribution < 1.29 is 9.53 Å². The average molecular weight is 327 g/mol. The lowest BCUT2D eigenvalue weighted by atomic mass is 9.57. The van der Waals surface area contributed by atoms with E-state index in [4.69, 9.17) is 10.00 Å². The molecule has 1 aromatic rings. The van der Waals surface area contributed by atoms with Crippen molar-refractivity contribution in [3.8, 4) is 6.07 Å². The normalized spacial score (nSPS) is 20.3. The molecule has 0 radical (unpaired) electrons. The Morgan fingerprint density at radius 2 is 2.00 bits per heavy atom. The van der Waals surface area contributed by atoms with Crippen LogP contribution in [-0.4, -0.2) is 34.7 Å². The topological polar surface area (TPSA) is 66.2 Å². The van der Waals surface area contributed by atoms with Gasteiger partial charge >= 0.3 is 6.09 Å². The number of amides is 1. The van der Waals surface area contributed by atoms with E-state index >= 15 is 0 Å². The third-order valence-electron chi connectivity index (χ3n) is 5.17. The lowest BCUT2D eigenvalue weighted by molar-refractivity contribution is -0.0126. The summed E-state index contributed by atoms with van der Waals surface area (Å²) in [4.78, 5) is 18.4. The number of hydrogen-bond donors (Lipinski definition) is 0. The highest BCUT2D eigenvalue weighted by Crippen LogP contribution is 2.56. The summed E-state index contributed by atoms with van der Waals surface area (Å²) in [6.45, 7) is 7.26. The highest BCUT2D eigenvalue weighted by molar-refractivity contribution is 5.68. The Labute approximate surface area is 143 Å². The largest absolute Gasteiger partial charge is 0.444 e. The quantitative estimate of drug-likeness (QED) is 0.786. The second-order valence-corrected chi connectivity index (χ2v) is 8.16. The molecule has 2 fully saturated rings. The first kappa shape index (κ1) is 16.8. The number of hydrogen-bond acceptors (Lipinski definition) is 4. The van der Waals surface area contributed by atoms with E-state index in [-0.39, 0.29) is 6.09 Å². The van der Waals surface area contributed by atoms with Crippen molar-refractivity contribution in [3.05, 3.63) is 29.6 Å². The molecule has 1 aliphatic carbocycles. The number of ether oxygens (including phenoxy) is 1. The van der Waals surface area contributed by atoms with E-state index in [9.17, 15) is 4.79 Å². The summed E-state index contributed by atoms with van der Waals surface area (Å²) in [5.74, 6) is 0.491. The number of nitrogens with zero attached hydrogens (tertiary/aromatic N) is 3. The van der Waals surface area contributed by atoms with Crippen molar-refractivity contribution in [2.24, 2.45) is 5.41 Å². The van der Waals surface area contributed by atoms with Crippen LogP contribution in [0, 0.1) is 16.7 Å². The molecule has 0 bridgehead atoms. The maximum atomic E-state index is 12.1. The van der Waals surface area contributed by atoms with Crippen LogP contribution in [0.2, 0.25) is 0 Å². The van der Waals surface area contributed by atoms with Crippen molar-refractivity contribution >= 4 is 6.09 Å². The molecule has 0 N–H and O–H groups in total. The van der Waals surface area contributed by atoms with Crippen LogP contribution in [0.15, 0.2) is 18.3 Å². The van der Waals surface area contributed by atoms with Crippen LogP contribution in [-0.2, 0) is 4.74 Å². The Balaban J connectivity index is 1.51. The molecule has 1 aromatic heterocycles. The van der Waals surface area contributed by atoms with Gasteiger partial charge in [-0.2, -0.15) is 5.26 Å². The number of carbonyl (C=O) groups is 1. The highest BCUT2D eigenvalue weighted by Gasteiger charge is 2.47. The summed E-state index contributed by atoms with van der Waals surface area (Å²) in [6.07, 6.45) is 5.81. The predicted octanol–water partition coefficient (Wildman–Crippen LogP) is 3.85. The first-order chi connectivity index (χ1) is 11.3. The van der Waals surface area contributed by atoms with Crippen LogP contribution in [0.5, 0.6) is 0 Å². The Bertz CT molecular complexity index is 639. The molecule has 1 spiro atoms.